The van der Waals surface area contributed by atoms with Crippen LogP contribution in [0, 0.1) is 5.41 Å². The van der Waals surface area contributed by atoms with Crippen molar-refractivity contribution in [3.63, 3.8) is 0 Å². The molecule has 0 aromatic heterocycles. The second-order valence-corrected chi connectivity index (χ2v) is 5.49. The highest BCUT2D eigenvalue weighted by Gasteiger charge is 2.35. The quantitative estimate of drug-likeness (QED) is 0.336. The second kappa shape index (κ2) is 7.67. The Morgan fingerprint density at radius 2 is 2.00 bits per heavy atom. The number of aliphatic hydroxyl groups is 1. The zero-order valence-electron chi connectivity index (χ0n) is 12.9. The Morgan fingerprint density at radius 3 is 2.42 bits per heavy atom. The van der Waals surface area contributed by atoms with Crippen molar-refractivity contribution in [2.24, 2.45) is 0 Å². The summed E-state index contributed by atoms with van der Waals surface area (Å²) in [7, 11) is 0.256. The van der Waals surface area contributed by atoms with Crippen LogP contribution in [0.3, 0.4) is 0 Å². The van der Waals surface area contributed by atoms with E-state index in [2.05, 4.69) is 5.32 Å². The molecule has 0 aliphatic rings. The summed E-state index contributed by atoms with van der Waals surface area (Å²) in [4.78, 5) is 0. The van der Waals surface area contributed by atoms with E-state index in [4.69, 9.17) is 14.8 Å². The molecule has 0 aromatic rings. The van der Waals surface area contributed by atoms with Gasteiger partial charge < -0.3 is 25.2 Å². The first-order valence-corrected chi connectivity index (χ1v) is 6.57. The van der Waals surface area contributed by atoms with E-state index in [0.29, 0.717) is 12.1 Å². The molecule has 0 heterocycles. The first-order chi connectivity index (χ1) is 8.64. The number of ether oxygens (including phenoxy) is 1. The number of rotatable bonds is 9. The molecule has 0 spiro atoms. The Bertz CT molecular complexity index is 312. The summed E-state index contributed by atoms with van der Waals surface area (Å²) in [5.74, 6) is 0. The fourth-order valence-electron chi connectivity index (χ4n) is 1.09. The van der Waals surface area contributed by atoms with Gasteiger partial charge in [-0.05, 0) is 53.2 Å². The van der Waals surface area contributed by atoms with Gasteiger partial charge in [-0.2, -0.15) is 0 Å². The van der Waals surface area contributed by atoms with Crippen molar-refractivity contribution in [1.29, 1.82) is 5.41 Å². The molecule has 0 rings (SSSR count). The maximum Gasteiger partial charge on any atom is 0.312 e. The molecular weight excluding hydrogens is 243 g/mol. The van der Waals surface area contributed by atoms with Gasteiger partial charge in [0.25, 0.3) is 0 Å². The van der Waals surface area contributed by atoms with Crippen LogP contribution in [-0.2, 0) is 9.39 Å². The van der Waals surface area contributed by atoms with Crippen molar-refractivity contribution >= 4 is 13.7 Å². The van der Waals surface area contributed by atoms with E-state index in [1.165, 1.54) is 6.21 Å². The van der Waals surface area contributed by atoms with Gasteiger partial charge in [-0.1, -0.05) is 0 Å². The number of hydrogen-bond donors (Lipinski definition) is 3. The highest BCUT2D eigenvalue weighted by molar-refractivity contribution is 6.45. The van der Waals surface area contributed by atoms with Gasteiger partial charge in [0.15, 0.2) is 0 Å². The molecule has 0 saturated carbocycles. The molecule has 0 aromatic carbocycles. The summed E-state index contributed by atoms with van der Waals surface area (Å²) >= 11 is 0. The summed E-state index contributed by atoms with van der Waals surface area (Å²) in [6, 6.07) is 0. The summed E-state index contributed by atoms with van der Waals surface area (Å²) in [6.45, 7) is 11.5. The van der Waals surface area contributed by atoms with Crippen molar-refractivity contribution in [2.75, 3.05) is 6.61 Å². The van der Waals surface area contributed by atoms with E-state index in [1.807, 2.05) is 27.7 Å². The molecule has 1 atom stereocenters. The molecule has 0 aliphatic carbocycles. The SMILES string of the molecule is CCOC(C)N/C=C(/BOC(C)(C)C(C)(C)O)C=N. The van der Waals surface area contributed by atoms with E-state index in [-0.39, 0.29) is 13.7 Å². The van der Waals surface area contributed by atoms with Gasteiger partial charge in [-0.25, -0.2) is 0 Å². The van der Waals surface area contributed by atoms with E-state index in [9.17, 15) is 5.11 Å². The molecule has 0 radical (unpaired) electrons. The third kappa shape index (κ3) is 6.75. The van der Waals surface area contributed by atoms with E-state index in [0.717, 1.165) is 0 Å². The van der Waals surface area contributed by atoms with E-state index in [1.54, 1.807) is 20.0 Å². The number of allylic oxidation sites excluding steroid dienone is 1. The summed E-state index contributed by atoms with van der Waals surface area (Å²) < 4.78 is 11.0. The predicted molar refractivity (Wildman–Crippen MR) is 79.7 cm³/mol. The summed E-state index contributed by atoms with van der Waals surface area (Å²) in [5.41, 5.74) is -0.962. The van der Waals surface area contributed by atoms with Crippen LogP contribution in [0.25, 0.3) is 0 Å². The Hall–Kier alpha value is -0.845. The average molecular weight is 270 g/mol. The van der Waals surface area contributed by atoms with Crippen molar-refractivity contribution < 1.29 is 14.5 Å². The Morgan fingerprint density at radius 1 is 1.42 bits per heavy atom. The van der Waals surface area contributed by atoms with Gasteiger partial charge in [-0.15, -0.1) is 0 Å². The molecule has 110 valence electrons. The lowest BCUT2D eigenvalue weighted by Crippen LogP contribution is -2.48. The van der Waals surface area contributed by atoms with Crippen LogP contribution in [0.2, 0.25) is 0 Å². The Kier molecular flexibility index (Phi) is 7.33. The lowest BCUT2D eigenvalue weighted by Gasteiger charge is -2.37. The molecule has 19 heavy (non-hydrogen) atoms. The first-order valence-electron chi connectivity index (χ1n) is 6.57. The molecule has 5 nitrogen and oxygen atoms in total. The van der Waals surface area contributed by atoms with Crippen LogP contribution in [0.5, 0.6) is 0 Å². The molecule has 0 fully saturated rings. The zero-order valence-corrected chi connectivity index (χ0v) is 12.9. The smallest absolute Gasteiger partial charge is 0.312 e. The molecule has 3 N–H and O–H groups in total. The molecule has 1 unspecified atom stereocenters. The van der Waals surface area contributed by atoms with Crippen molar-refractivity contribution in [3.05, 3.63) is 11.7 Å². The lowest BCUT2D eigenvalue weighted by atomic mass is 9.83. The third-order valence-electron chi connectivity index (χ3n) is 3.18. The molecule has 0 amide bonds. The lowest BCUT2D eigenvalue weighted by molar-refractivity contribution is -0.0895. The van der Waals surface area contributed by atoms with Crippen molar-refractivity contribution in [3.8, 4) is 0 Å². The fraction of sp³-hybridized carbons (Fsp3) is 0.769. The molecular formula is C13H27BN2O3. The number of hydrogen-bond acceptors (Lipinski definition) is 5. The largest absolute Gasteiger partial charge is 0.427 e. The average Bonchev–Trinajstić information content (AvgIpc) is 2.28. The first kappa shape index (κ1) is 18.2. The van der Waals surface area contributed by atoms with Gasteiger partial charge in [-0.3, -0.25) is 0 Å². The van der Waals surface area contributed by atoms with Crippen LogP contribution in [0.15, 0.2) is 11.7 Å². The highest BCUT2D eigenvalue weighted by Crippen LogP contribution is 2.24. The molecule has 0 saturated heterocycles. The molecule has 0 aliphatic heterocycles. The highest BCUT2D eigenvalue weighted by atomic mass is 16.5. The van der Waals surface area contributed by atoms with Gasteiger partial charge >= 0.3 is 7.48 Å². The minimum absolute atomic E-state index is 0.109. The zero-order chi connectivity index (χ0) is 15.1. The van der Waals surface area contributed by atoms with Crippen molar-refractivity contribution in [2.45, 2.75) is 59.0 Å². The van der Waals surface area contributed by atoms with Crippen LogP contribution in [0.4, 0.5) is 0 Å². The Balaban J connectivity index is 4.42. The van der Waals surface area contributed by atoms with Gasteiger partial charge in [0.05, 0.1) is 11.2 Å². The minimum Gasteiger partial charge on any atom is -0.427 e. The maximum atomic E-state index is 9.98. The van der Waals surface area contributed by atoms with Crippen LogP contribution < -0.4 is 5.32 Å². The number of nitrogens with one attached hydrogen (secondary N) is 2. The second-order valence-electron chi connectivity index (χ2n) is 5.49. The Labute approximate surface area is 117 Å². The predicted octanol–water partition coefficient (Wildman–Crippen LogP) is 1.37. The van der Waals surface area contributed by atoms with Crippen LogP contribution in [-0.4, -0.2) is 42.8 Å². The van der Waals surface area contributed by atoms with Crippen LogP contribution in [0.1, 0.15) is 41.5 Å². The standard InChI is InChI=1S/C13H27BN2O3/c1-7-18-10(2)16-9-11(8-15)14-19-13(5,6)12(3,4)17/h8-10,14-17H,7H2,1-6H3/b11-9+,15-8?. The molecule has 0 bridgehead atoms. The van der Waals surface area contributed by atoms with E-state index >= 15 is 0 Å². The van der Waals surface area contributed by atoms with Gasteiger partial charge in [0.2, 0.25) is 0 Å². The van der Waals surface area contributed by atoms with Crippen LogP contribution >= 0.6 is 0 Å². The summed E-state index contributed by atoms with van der Waals surface area (Å²) in [5, 5.41) is 20.4. The minimum atomic E-state index is -0.952. The van der Waals surface area contributed by atoms with Gasteiger partial charge in [0, 0.05) is 12.8 Å². The monoisotopic (exact) mass is 270 g/mol. The van der Waals surface area contributed by atoms with E-state index < -0.39 is 11.2 Å². The topological polar surface area (TPSA) is 74.6 Å². The maximum absolute atomic E-state index is 9.98. The normalized spacial score (nSPS) is 15.0. The molecule has 6 heteroatoms. The van der Waals surface area contributed by atoms with Crippen molar-refractivity contribution in [1.82, 2.24) is 5.32 Å². The van der Waals surface area contributed by atoms with Gasteiger partial charge in [0.1, 0.15) is 6.23 Å². The third-order valence-corrected chi connectivity index (χ3v) is 3.18. The summed E-state index contributed by atoms with van der Waals surface area (Å²) in [6.07, 6.45) is 2.82. The fourth-order valence-corrected chi connectivity index (χ4v) is 1.09.